The molecule has 3 aromatic rings. The predicted molar refractivity (Wildman–Crippen MR) is 115 cm³/mol. The van der Waals surface area contributed by atoms with Crippen LogP contribution in [0.5, 0.6) is 0 Å². The van der Waals surface area contributed by atoms with E-state index in [-0.39, 0.29) is 5.91 Å². The number of hydrogen-bond acceptors (Lipinski definition) is 4. The molecule has 1 aliphatic heterocycles. The van der Waals surface area contributed by atoms with Crippen LogP contribution in [-0.2, 0) is 13.1 Å². The van der Waals surface area contributed by atoms with Crippen molar-refractivity contribution in [3.63, 3.8) is 0 Å². The van der Waals surface area contributed by atoms with Gasteiger partial charge in [-0.25, -0.2) is 0 Å². The van der Waals surface area contributed by atoms with Crippen molar-refractivity contribution < 1.29 is 4.79 Å². The smallest absolute Gasteiger partial charge is 0.255 e. The maximum Gasteiger partial charge on any atom is 0.255 e. The number of nitrogens with one attached hydrogen (secondary N) is 1. The molecule has 1 fully saturated rings. The van der Waals surface area contributed by atoms with Crippen LogP contribution in [0, 0.1) is 0 Å². The van der Waals surface area contributed by atoms with Crippen molar-refractivity contribution in [2.75, 3.05) is 29.9 Å². The van der Waals surface area contributed by atoms with E-state index < -0.39 is 0 Å². The third-order valence-corrected chi connectivity index (χ3v) is 5.83. The van der Waals surface area contributed by atoms with Gasteiger partial charge >= 0.3 is 0 Å². The van der Waals surface area contributed by atoms with E-state index in [1.54, 1.807) is 6.20 Å². The molecular formula is C22H24N4OS. The van der Waals surface area contributed by atoms with Gasteiger partial charge in [-0.15, -0.1) is 0 Å². The molecule has 5 nitrogen and oxygen atoms in total. The van der Waals surface area contributed by atoms with Gasteiger partial charge in [-0.05, 0) is 35.4 Å². The number of nitrogens with zero attached hydrogens (tertiary/aromatic N) is 3. The monoisotopic (exact) mass is 392 g/mol. The fourth-order valence-corrected chi connectivity index (χ4v) is 4.30. The van der Waals surface area contributed by atoms with Crippen LogP contribution in [0.1, 0.15) is 21.5 Å². The normalized spacial score (nSPS) is 14.7. The number of amides is 1. The van der Waals surface area contributed by atoms with Crippen molar-refractivity contribution in [2.45, 2.75) is 13.1 Å². The number of thioether (sulfide) groups is 1. The Hall–Kier alpha value is -2.57. The van der Waals surface area contributed by atoms with E-state index in [4.69, 9.17) is 0 Å². The summed E-state index contributed by atoms with van der Waals surface area (Å²) in [5, 5.41) is 7.31. The van der Waals surface area contributed by atoms with Gasteiger partial charge in [0.1, 0.15) is 0 Å². The summed E-state index contributed by atoms with van der Waals surface area (Å²) >= 11 is 2.01. The van der Waals surface area contributed by atoms with Crippen LogP contribution in [0.2, 0.25) is 0 Å². The molecule has 1 N–H and O–H groups in total. The van der Waals surface area contributed by atoms with Gasteiger partial charge in [0.15, 0.2) is 0 Å². The lowest BCUT2D eigenvalue weighted by Gasteiger charge is -2.27. The molecular weight excluding hydrogens is 368 g/mol. The number of carbonyl (C=O) groups is 1. The van der Waals surface area contributed by atoms with Gasteiger partial charge in [0, 0.05) is 54.8 Å². The number of carbonyl (C=O) groups excluding carboxylic acids is 1. The van der Waals surface area contributed by atoms with Gasteiger partial charge in [0.2, 0.25) is 0 Å². The van der Waals surface area contributed by atoms with Gasteiger partial charge in [-0.3, -0.25) is 14.4 Å². The average molecular weight is 393 g/mol. The first-order chi connectivity index (χ1) is 13.8. The predicted octanol–water partition coefficient (Wildman–Crippen LogP) is 3.73. The second kappa shape index (κ2) is 9.08. The van der Waals surface area contributed by atoms with Crippen LogP contribution in [0.15, 0.2) is 67.0 Å². The maximum absolute atomic E-state index is 12.7. The molecule has 0 aliphatic carbocycles. The highest BCUT2D eigenvalue weighted by Crippen LogP contribution is 2.20. The van der Waals surface area contributed by atoms with Gasteiger partial charge in [-0.2, -0.15) is 16.9 Å². The Morgan fingerprint density at radius 2 is 1.79 bits per heavy atom. The summed E-state index contributed by atoms with van der Waals surface area (Å²) in [6.07, 6.45) is 3.70. The number of anilines is 1. The third-order valence-electron chi connectivity index (χ3n) is 4.88. The minimum Gasteiger partial charge on any atom is -0.322 e. The summed E-state index contributed by atoms with van der Waals surface area (Å²) in [5.41, 5.74) is 3.83. The lowest BCUT2D eigenvalue weighted by atomic mass is 10.1. The van der Waals surface area contributed by atoms with Crippen molar-refractivity contribution in [3.05, 3.63) is 83.7 Å². The van der Waals surface area contributed by atoms with E-state index >= 15 is 0 Å². The maximum atomic E-state index is 12.7. The Balaban J connectivity index is 1.41. The summed E-state index contributed by atoms with van der Waals surface area (Å²) in [7, 11) is 0. The molecule has 0 radical (unpaired) electrons. The first-order valence-electron chi connectivity index (χ1n) is 9.54. The quantitative estimate of drug-likeness (QED) is 0.694. The highest BCUT2D eigenvalue weighted by Gasteiger charge is 2.14. The molecule has 1 amide bonds. The zero-order valence-corrected chi connectivity index (χ0v) is 16.6. The van der Waals surface area contributed by atoms with E-state index in [1.807, 2.05) is 71.2 Å². The van der Waals surface area contributed by atoms with E-state index in [2.05, 4.69) is 21.4 Å². The second-order valence-electron chi connectivity index (χ2n) is 6.90. The second-order valence-corrected chi connectivity index (χ2v) is 8.13. The Morgan fingerprint density at radius 3 is 2.54 bits per heavy atom. The Morgan fingerprint density at radius 1 is 1.00 bits per heavy atom. The van der Waals surface area contributed by atoms with Gasteiger partial charge in [-0.1, -0.05) is 30.3 Å². The summed E-state index contributed by atoms with van der Waals surface area (Å²) in [4.78, 5) is 15.2. The number of benzene rings is 2. The Kier molecular flexibility index (Phi) is 6.09. The van der Waals surface area contributed by atoms with Crippen molar-refractivity contribution in [1.82, 2.24) is 14.7 Å². The third kappa shape index (κ3) is 4.82. The van der Waals surface area contributed by atoms with Gasteiger partial charge in [0.25, 0.3) is 5.91 Å². The molecule has 28 heavy (non-hydrogen) atoms. The zero-order valence-electron chi connectivity index (χ0n) is 15.8. The summed E-state index contributed by atoms with van der Waals surface area (Å²) in [6, 6.07) is 17.7. The Bertz CT molecular complexity index is 903. The first kappa shape index (κ1) is 18.8. The lowest BCUT2D eigenvalue weighted by Crippen LogP contribution is -2.32. The first-order valence-corrected chi connectivity index (χ1v) is 10.7. The molecule has 0 spiro atoms. The summed E-state index contributed by atoms with van der Waals surface area (Å²) in [6.45, 7) is 3.78. The molecule has 0 atom stereocenters. The summed E-state index contributed by atoms with van der Waals surface area (Å²) in [5.74, 6) is 2.28. The molecule has 1 saturated heterocycles. The standard InChI is InChI=1S/C22H24N4OS/c27-22(19-8-6-18(7-9-19)16-26-11-3-10-23-26)24-21-5-2-1-4-20(21)17-25-12-14-28-15-13-25/h1-11H,12-17H2,(H,24,27). The van der Waals surface area contributed by atoms with E-state index in [0.29, 0.717) is 12.1 Å². The van der Waals surface area contributed by atoms with Crippen LogP contribution < -0.4 is 5.32 Å². The van der Waals surface area contributed by atoms with Gasteiger partial charge in [0.05, 0.1) is 6.54 Å². The number of aromatic nitrogens is 2. The largest absolute Gasteiger partial charge is 0.322 e. The number of para-hydroxylation sites is 1. The lowest BCUT2D eigenvalue weighted by molar-refractivity contribution is 0.102. The molecule has 0 bridgehead atoms. The minimum absolute atomic E-state index is 0.0766. The molecule has 2 heterocycles. The van der Waals surface area contributed by atoms with Crippen LogP contribution in [0.3, 0.4) is 0 Å². The Labute approximate surface area is 169 Å². The minimum atomic E-state index is -0.0766. The molecule has 4 rings (SSSR count). The number of hydrogen-bond donors (Lipinski definition) is 1. The van der Waals surface area contributed by atoms with Crippen LogP contribution in [-0.4, -0.2) is 45.2 Å². The SMILES string of the molecule is O=C(Nc1ccccc1CN1CCSCC1)c1ccc(Cn2cccn2)cc1. The van der Waals surface area contributed by atoms with Gasteiger partial charge < -0.3 is 5.32 Å². The van der Waals surface area contributed by atoms with Crippen molar-refractivity contribution in [2.24, 2.45) is 0 Å². The topological polar surface area (TPSA) is 50.2 Å². The molecule has 6 heteroatoms. The number of rotatable bonds is 6. The molecule has 144 valence electrons. The van der Waals surface area contributed by atoms with Crippen LogP contribution in [0.4, 0.5) is 5.69 Å². The van der Waals surface area contributed by atoms with Crippen molar-refractivity contribution >= 4 is 23.4 Å². The van der Waals surface area contributed by atoms with Crippen molar-refractivity contribution in [1.29, 1.82) is 0 Å². The average Bonchev–Trinajstić information content (AvgIpc) is 3.24. The van der Waals surface area contributed by atoms with E-state index in [0.717, 1.165) is 36.4 Å². The molecule has 0 saturated carbocycles. The fourth-order valence-electron chi connectivity index (χ4n) is 3.32. The summed E-state index contributed by atoms with van der Waals surface area (Å²) < 4.78 is 1.87. The van der Waals surface area contributed by atoms with Crippen molar-refractivity contribution in [3.8, 4) is 0 Å². The fraction of sp³-hybridized carbons (Fsp3) is 0.273. The molecule has 1 aromatic heterocycles. The molecule has 0 unspecified atom stereocenters. The molecule has 2 aromatic carbocycles. The highest BCUT2D eigenvalue weighted by atomic mass is 32.2. The zero-order chi connectivity index (χ0) is 19.2. The van der Waals surface area contributed by atoms with Crippen LogP contribution in [0.25, 0.3) is 0 Å². The molecule has 1 aliphatic rings. The highest BCUT2D eigenvalue weighted by molar-refractivity contribution is 7.99. The van der Waals surface area contributed by atoms with Crippen LogP contribution >= 0.6 is 11.8 Å². The van der Waals surface area contributed by atoms with E-state index in [1.165, 1.54) is 11.5 Å². The van der Waals surface area contributed by atoms with E-state index in [9.17, 15) is 4.79 Å².